The quantitative estimate of drug-likeness (QED) is 0.628. The largest absolute Gasteiger partial charge is 0.353 e. The van der Waals surface area contributed by atoms with E-state index in [0.717, 1.165) is 16.3 Å². The molecule has 4 nitrogen and oxygen atoms in total. The molecule has 0 aliphatic heterocycles. The van der Waals surface area contributed by atoms with E-state index in [9.17, 15) is 9.18 Å². The third-order valence-corrected chi connectivity index (χ3v) is 5.48. The summed E-state index contributed by atoms with van der Waals surface area (Å²) in [6, 6.07) is 14.1. The summed E-state index contributed by atoms with van der Waals surface area (Å²) in [4.78, 5) is 12.2. The molecule has 1 N–H and O–H groups in total. The number of hydrogen-bond donors (Lipinski definition) is 1. The van der Waals surface area contributed by atoms with Crippen molar-refractivity contribution in [3.63, 3.8) is 0 Å². The Kier molecular flexibility index (Phi) is 6.06. The van der Waals surface area contributed by atoms with Gasteiger partial charge in [0.15, 0.2) is 0 Å². The van der Waals surface area contributed by atoms with Gasteiger partial charge >= 0.3 is 0 Å². The molecule has 140 valence electrons. The lowest BCUT2D eigenvalue weighted by Gasteiger charge is -2.17. The van der Waals surface area contributed by atoms with Crippen LogP contribution in [0, 0.1) is 11.7 Å². The SMILES string of the molecule is CC(C)[C@@H](C)NC(=O)CSc1nnc(-c2ccc(F)cc2)c2ccccc12. The maximum atomic E-state index is 13.2. The fraction of sp³-hybridized carbons (Fsp3) is 0.286. The Hall–Kier alpha value is -2.47. The monoisotopic (exact) mass is 383 g/mol. The van der Waals surface area contributed by atoms with Crippen LogP contribution >= 0.6 is 11.8 Å². The van der Waals surface area contributed by atoms with Crippen molar-refractivity contribution in [2.24, 2.45) is 5.92 Å². The highest BCUT2D eigenvalue weighted by atomic mass is 32.2. The highest BCUT2D eigenvalue weighted by Gasteiger charge is 2.14. The van der Waals surface area contributed by atoms with Crippen LogP contribution in [0.2, 0.25) is 0 Å². The van der Waals surface area contributed by atoms with Gasteiger partial charge in [0.2, 0.25) is 5.91 Å². The second-order valence-corrected chi connectivity index (χ2v) is 7.76. The first kappa shape index (κ1) is 19.3. The average molecular weight is 383 g/mol. The topological polar surface area (TPSA) is 54.9 Å². The fourth-order valence-corrected chi connectivity index (χ4v) is 3.39. The van der Waals surface area contributed by atoms with Crippen LogP contribution in [0.15, 0.2) is 53.6 Å². The van der Waals surface area contributed by atoms with Crippen molar-refractivity contribution in [2.75, 3.05) is 5.75 Å². The van der Waals surface area contributed by atoms with Crippen LogP contribution in [0.3, 0.4) is 0 Å². The molecule has 0 saturated carbocycles. The van der Waals surface area contributed by atoms with Gasteiger partial charge in [0, 0.05) is 22.4 Å². The number of thioether (sulfide) groups is 1. The predicted molar refractivity (Wildman–Crippen MR) is 108 cm³/mol. The minimum atomic E-state index is -0.287. The summed E-state index contributed by atoms with van der Waals surface area (Å²) < 4.78 is 13.2. The van der Waals surface area contributed by atoms with Gasteiger partial charge in [-0.15, -0.1) is 10.2 Å². The molecule has 0 spiro atoms. The smallest absolute Gasteiger partial charge is 0.230 e. The molecule has 27 heavy (non-hydrogen) atoms. The lowest BCUT2D eigenvalue weighted by molar-refractivity contribution is -0.119. The van der Waals surface area contributed by atoms with Gasteiger partial charge in [-0.1, -0.05) is 49.9 Å². The van der Waals surface area contributed by atoms with Crippen molar-refractivity contribution in [1.29, 1.82) is 0 Å². The summed E-state index contributed by atoms with van der Waals surface area (Å²) in [6.45, 7) is 6.15. The van der Waals surface area contributed by atoms with Gasteiger partial charge in [0.25, 0.3) is 0 Å². The first-order chi connectivity index (χ1) is 13.0. The van der Waals surface area contributed by atoms with E-state index in [1.54, 1.807) is 12.1 Å². The Morgan fingerprint density at radius 1 is 1.04 bits per heavy atom. The Morgan fingerprint density at radius 3 is 2.37 bits per heavy atom. The zero-order valence-electron chi connectivity index (χ0n) is 15.6. The van der Waals surface area contributed by atoms with Gasteiger partial charge in [-0.25, -0.2) is 4.39 Å². The summed E-state index contributed by atoms with van der Waals surface area (Å²) in [6.07, 6.45) is 0. The molecule has 6 heteroatoms. The normalized spacial score (nSPS) is 12.3. The zero-order chi connectivity index (χ0) is 19.4. The second-order valence-electron chi connectivity index (χ2n) is 6.80. The van der Waals surface area contributed by atoms with Crippen molar-refractivity contribution in [3.8, 4) is 11.3 Å². The van der Waals surface area contributed by atoms with Gasteiger partial charge < -0.3 is 5.32 Å². The Bertz CT molecular complexity index is 944. The molecule has 0 bridgehead atoms. The molecular formula is C21H22FN3OS. The van der Waals surface area contributed by atoms with Crippen molar-refractivity contribution in [1.82, 2.24) is 15.5 Å². The summed E-state index contributed by atoms with van der Waals surface area (Å²) in [5, 5.41) is 14.2. The van der Waals surface area contributed by atoms with Crippen LogP contribution in [-0.2, 0) is 4.79 Å². The van der Waals surface area contributed by atoms with Crippen molar-refractivity contribution in [3.05, 3.63) is 54.3 Å². The number of nitrogens with zero attached hydrogens (tertiary/aromatic N) is 2. The number of benzene rings is 2. The van der Waals surface area contributed by atoms with Crippen LogP contribution in [-0.4, -0.2) is 27.9 Å². The van der Waals surface area contributed by atoms with Crippen molar-refractivity contribution >= 4 is 28.4 Å². The second kappa shape index (κ2) is 8.48. The molecule has 1 amide bonds. The maximum Gasteiger partial charge on any atom is 0.230 e. The van der Waals surface area contributed by atoms with Crippen LogP contribution < -0.4 is 5.32 Å². The minimum absolute atomic E-state index is 0.0188. The van der Waals surface area contributed by atoms with Crippen molar-refractivity contribution < 1.29 is 9.18 Å². The van der Waals surface area contributed by atoms with Crippen LogP contribution in [0.5, 0.6) is 0 Å². The number of carbonyl (C=O) groups excluding carboxylic acids is 1. The van der Waals surface area contributed by atoms with E-state index < -0.39 is 0 Å². The number of aromatic nitrogens is 2. The van der Waals surface area contributed by atoms with E-state index in [4.69, 9.17) is 0 Å². The summed E-state index contributed by atoms with van der Waals surface area (Å²) >= 11 is 1.37. The van der Waals surface area contributed by atoms with Gasteiger partial charge in [-0.3, -0.25) is 4.79 Å². The number of hydrogen-bond acceptors (Lipinski definition) is 4. The molecule has 0 unspecified atom stereocenters. The number of halogens is 1. The Labute approximate surface area is 162 Å². The van der Waals surface area contributed by atoms with E-state index in [2.05, 4.69) is 29.4 Å². The highest BCUT2D eigenvalue weighted by molar-refractivity contribution is 8.00. The molecule has 1 aromatic heterocycles. The molecule has 0 fully saturated rings. The molecule has 3 aromatic rings. The van der Waals surface area contributed by atoms with Crippen molar-refractivity contribution in [2.45, 2.75) is 31.8 Å². The predicted octanol–water partition coefficient (Wildman–Crippen LogP) is 4.69. The third-order valence-electron chi connectivity index (χ3n) is 4.50. The lowest BCUT2D eigenvalue weighted by Crippen LogP contribution is -2.37. The molecule has 0 aliphatic rings. The number of carbonyl (C=O) groups is 1. The van der Waals surface area contributed by atoms with Gasteiger partial charge in [0.1, 0.15) is 16.5 Å². The standard InChI is InChI=1S/C21H22FN3OS/c1-13(2)14(3)23-19(26)12-27-21-18-7-5-4-6-17(18)20(24-25-21)15-8-10-16(22)11-9-15/h4-11,13-14H,12H2,1-3H3,(H,23,26)/t14-/m1/s1. The molecule has 2 aromatic carbocycles. The third kappa shape index (κ3) is 4.63. The molecule has 0 saturated heterocycles. The Balaban J connectivity index is 1.85. The molecule has 0 aliphatic carbocycles. The first-order valence-electron chi connectivity index (χ1n) is 8.89. The number of amides is 1. The van der Waals surface area contributed by atoms with Gasteiger partial charge in [-0.05, 0) is 37.1 Å². The maximum absolute atomic E-state index is 13.2. The minimum Gasteiger partial charge on any atom is -0.353 e. The van der Waals surface area contributed by atoms with Crippen LogP contribution in [0.25, 0.3) is 22.0 Å². The molecule has 1 atom stereocenters. The lowest BCUT2D eigenvalue weighted by atomic mass is 10.1. The van der Waals surface area contributed by atoms with E-state index >= 15 is 0 Å². The highest BCUT2D eigenvalue weighted by Crippen LogP contribution is 2.31. The first-order valence-corrected chi connectivity index (χ1v) is 9.88. The van der Waals surface area contributed by atoms with E-state index in [0.29, 0.717) is 16.6 Å². The van der Waals surface area contributed by atoms with E-state index in [1.807, 2.05) is 31.2 Å². The molecule has 1 heterocycles. The fourth-order valence-electron chi connectivity index (χ4n) is 2.60. The van der Waals surface area contributed by atoms with E-state index in [1.165, 1.54) is 23.9 Å². The average Bonchev–Trinajstić information content (AvgIpc) is 2.66. The van der Waals surface area contributed by atoms with Gasteiger partial charge in [0.05, 0.1) is 5.75 Å². The number of rotatable bonds is 6. The van der Waals surface area contributed by atoms with E-state index in [-0.39, 0.29) is 23.5 Å². The molecule has 0 radical (unpaired) electrons. The molecule has 3 rings (SSSR count). The van der Waals surface area contributed by atoms with Crippen LogP contribution in [0.1, 0.15) is 20.8 Å². The summed E-state index contributed by atoms with van der Waals surface area (Å²) in [5.74, 6) is 0.361. The van der Waals surface area contributed by atoms with Crippen LogP contribution in [0.4, 0.5) is 4.39 Å². The number of fused-ring (bicyclic) bond motifs is 1. The Morgan fingerprint density at radius 2 is 1.70 bits per heavy atom. The summed E-state index contributed by atoms with van der Waals surface area (Å²) in [5.41, 5.74) is 1.51. The molecular weight excluding hydrogens is 361 g/mol. The number of nitrogens with one attached hydrogen (secondary N) is 1. The zero-order valence-corrected chi connectivity index (χ0v) is 16.4. The van der Waals surface area contributed by atoms with Gasteiger partial charge in [-0.2, -0.15) is 0 Å². The summed E-state index contributed by atoms with van der Waals surface area (Å²) in [7, 11) is 0.